The molecule has 0 aromatic heterocycles. The smallest absolute Gasteiger partial charge is 0.423 e. The first-order valence-corrected chi connectivity index (χ1v) is 8.38. The second-order valence-electron chi connectivity index (χ2n) is 6.12. The van der Waals surface area contributed by atoms with Crippen LogP contribution < -0.4 is 10.4 Å². The Bertz CT molecular complexity index is 1050. The lowest BCUT2D eigenvalue weighted by molar-refractivity contribution is 0.424. The molecule has 1 atom stereocenters. The summed E-state index contributed by atoms with van der Waals surface area (Å²) in [6.07, 6.45) is 6.75. The Balaban J connectivity index is 2.19. The van der Waals surface area contributed by atoms with E-state index in [-0.39, 0.29) is 5.92 Å². The summed E-state index contributed by atoms with van der Waals surface area (Å²) in [6, 6.07) is 18.1. The van der Waals surface area contributed by atoms with Crippen LogP contribution in [0.25, 0.3) is 11.0 Å². The minimum absolute atomic E-state index is 0.324. The summed E-state index contributed by atoms with van der Waals surface area (Å²) in [7, 11) is -1.54. The third-order valence-electron chi connectivity index (χ3n) is 4.64. The average molecular weight is 324 g/mol. The van der Waals surface area contributed by atoms with Gasteiger partial charge in [0.25, 0.3) is 0 Å². The molecule has 0 amide bonds. The fraction of sp³-hybridized carbons (Fsp3) is 0.0909. The minimum Gasteiger partial charge on any atom is -0.423 e. The van der Waals surface area contributed by atoms with Crippen molar-refractivity contribution >= 4 is 18.2 Å². The van der Waals surface area contributed by atoms with Crippen molar-refractivity contribution in [2.45, 2.75) is 6.42 Å². The number of fused-ring (bicyclic) bond motifs is 2. The van der Waals surface area contributed by atoms with Gasteiger partial charge in [-0.15, -0.1) is 0 Å². The molecule has 2 aliphatic carbocycles. The van der Waals surface area contributed by atoms with Gasteiger partial charge in [0.1, 0.15) is 0 Å². The van der Waals surface area contributed by atoms with Crippen LogP contribution in [0.3, 0.4) is 0 Å². The molecule has 2 aromatic rings. The zero-order valence-corrected chi connectivity index (χ0v) is 13.7. The van der Waals surface area contributed by atoms with Gasteiger partial charge in [-0.05, 0) is 32.6 Å². The molecule has 0 radical (unpaired) electrons. The molecule has 0 saturated heterocycles. The van der Waals surface area contributed by atoms with Crippen molar-refractivity contribution in [3.8, 4) is 11.8 Å². The van der Waals surface area contributed by atoms with Crippen molar-refractivity contribution in [2.24, 2.45) is 5.92 Å². The Labute approximate surface area is 147 Å². The van der Waals surface area contributed by atoms with E-state index in [0.29, 0.717) is 11.9 Å². The molecule has 2 N–H and O–H groups in total. The van der Waals surface area contributed by atoms with Crippen LogP contribution in [-0.4, -0.2) is 17.2 Å². The maximum Gasteiger partial charge on any atom is 0.486 e. The van der Waals surface area contributed by atoms with Crippen LogP contribution in [0.1, 0.15) is 12.0 Å². The van der Waals surface area contributed by atoms with Gasteiger partial charge in [-0.1, -0.05) is 84.7 Å². The van der Waals surface area contributed by atoms with E-state index < -0.39 is 7.12 Å². The van der Waals surface area contributed by atoms with Crippen LogP contribution in [0.4, 0.5) is 0 Å². The molecular formula is C22H17BO2. The summed E-state index contributed by atoms with van der Waals surface area (Å²) in [5, 5.41) is 22.0. The molecule has 0 bridgehead atoms. The van der Waals surface area contributed by atoms with E-state index in [1.54, 1.807) is 0 Å². The van der Waals surface area contributed by atoms with E-state index >= 15 is 0 Å². The zero-order valence-electron chi connectivity index (χ0n) is 13.7. The molecule has 25 heavy (non-hydrogen) atoms. The maximum atomic E-state index is 10.1. The Morgan fingerprint density at radius 1 is 0.920 bits per heavy atom. The van der Waals surface area contributed by atoms with Gasteiger partial charge in [-0.25, -0.2) is 0 Å². The van der Waals surface area contributed by atoms with Gasteiger partial charge in [-0.2, -0.15) is 0 Å². The highest BCUT2D eigenvalue weighted by molar-refractivity contribution is 6.64. The van der Waals surface area contributed by atoms with Gasteiger partial charge in [0.05, 0.1) is 5.92 Å². The van der Waals surface area contributed by atoms with Crippen LogP contribution >= 0.6 is 0 Å². The summed E-state index contributed by atoms with van der Waals surface area (Å²) in [4.78, 5) is 0. The van der Waals surface area contributed by atoms with Crippen LogP contribution in [0.5, 0.6) is 0 Å². The molecule has 4 rings (SSSR count). The molecule has 2 aromatic carbocycles. The van der Waals surface area contributed by atoms with Crippen molar-refractivity contribution in [1.29, 1.82) is 0 Å². The van der Waals surface area contributed by atoms with Crippen molar-refractivity contribution in [3.05, 3.63) is 94.4 Å². The van der Waals surface area contributed by atoms with Crippen molar-refractivity contribution in [3.63, 3.8) is 0 Å². The summed E-state index contributed by atoms with van der Waals surface area (Å²) < 4.78 is 0. The maximum absolute atomic E-state index is 10.1. The van der Waals surface area contributed by atoms with Gasteiger partial charge in [0.2, 0.25) is 0 Å². The highest BCUT2D eigenvalue weighted by Gasteiger charge is 2.32. The Kier molecular flexibility index (Phi) is 4.15. The summed E-state index contributed by atoms with van der Waals surface area (Å²) in [5.74, 6) is 6.06. The van der Waals surface area contributed by atoms with E-state index in [1.807, 2.05) is 54.6 Å². The quantitative estimate of drug-likeness (QED) is 0.650. The van der Waals surface area contributed by atoms with E-state index in [0.717, 1.165) is 27.1 Å². The second kappa shape index (κ2) is 6.60. The fourth-order valence-electron chi connectivity index (χ4n) is 3.59. The SMILES string of the molecule is OB(O)C1=c2ccccc2=C(c2ccccc2)/C2=C/C=C\CC#CC12. The number of rotatable bonds is 2. The Morgan fingerprint density at radius 3 is 2.40 bits per heavy atom. The molecule has 0 fully saturated rings. The van der Waals surface area contributed by atoms with Crippen LogP contribution in [0.15, 0.2) is 78.4 Å². The van der Waals surface area contributed by atoms with Crippen LogP contribution in [-0.2, 0) is 0 Å². The van der Waals surface area contributed by atoms with E-state index in [9.17, 15) is 10.0 Å². The van der Waals surface area contributed by atoms with Gasteiger partial charge in [0, 0.05) is 6.42 Å². The second-order valence-corrected chi connectivity index (χ2v) is 6.12. The predicted octanol–water partition coefficient (Wildman–Crippen LogP) is 1.57. The lowest BCUT2D eigenvalue weighted by Gasteiger charge is -2.26. The molecule has 3 heteroatoms. The highest BCUT2D eigenvalue weighted by atomic mass is 16.4. The first kappa shape index (κ1) is 15.7. The van der Waals surface area contributed by atoms with Gasteiger partial charge in [-0.3, -0.25) is 0 Å². The number of hydrogen-bond donors (Lipinski definition) is 2. The minimum atomic E-state index is -1.54. The van der Waals surface area contributed by atoms with Gasteiger partial charge in [0.15, 0.2) is 0 Å². The molecule has 1 unspecified atom stereocenters. The van der Waals surface area contributed by atoms with E-state index in [2.05, 4.69) is 30.0 Å². The molecule has 0 aliphatic heterocycles. The molecule has 120 valence electrons. The number of benzene rings is 2. The Morgan fingerprint density at radius 2 is 1.64 bits per heavy atom. The molecule has 2 aliphatic rings. The summed E-state index contributed by atoms with van der Waals surface area (Å²) >= 11 is 0. The first-order chi connectivity index (χ1) is 12.3. The average Bonchev–Trinajstić information content (AvgIpc) is 2.61. The third-order valence-corrected chi connectivity index (χ3v) is 4.64. The topological polar surface area (TPSA) is 40.5 Å². The molecular weight excluding hydrogens is 307 g/mol. The molecule has 0 heterocycles. The lowest BCUT2D eigenvalue weighted by Crippen LogP contribution is -2.41. The van der Waals surface area contributed by atoms with Crippen molar-refractivity contribution in [1.82, 2.24) is 0 Å². The monoisotopic (exact) mass is 324 g/mol. The summed E-state index contributed by atoms with van der Waals surface area (Å²) in [6.45, 7) is 0. The zero-order chi connectivity index (χ0) is 17.2. The van der Waals surface area contributed by atoms with Gasteiger partial charge < -0.3 is 10.0 Å². The molecule has 2 nitrogen and oxygen atoms in total. The number of allylic oxidation sites excluding steroid dienone is 4. The largest absolute Gasteiger partial charge is 0.486 e. The van der Waals surface area contributed by atoms with E-state index in [4.69, 9.17) is 0 Å². The van der Waals surface area contributed by atoms with Crippen molar-refractivity contribution in [2.75, 3.05) is 0 Å². The first-order valence-electron chi connectivity index (χ1n) is 8.38. The predicted molar refractivity (Wildman–Crippen MR) is 101 cm³/mol. The lowest BCUT2D eigenvalue weighted by atomic mass is 9.64. The normalized spacial score (nSPS) is 21.5. The van der Waals surface area contributed by atoms with Gasteiger partial charge >= 0.3 is 7.12 Å². The summed E-state index contributed by atoms with van der Waals surface area (Å²) in [5.41, 5.74) is 3.78. The standard InChI is InChI=1S/C22H17BO2/c24-23(25)22-19-14-7-2-1-6-12-17(19)21(16-10-4-3-5-11-16)18-13-8-9-15-20(18)22/h1,3-6,8-13,15,19,24-25H,2H2/b6-1-,17-12+. The van der Waals surface area contributed by atoms with Crippen molar-refractivity contribution < 1.29 is 10.0 Å². The Hall–Kier alpha value is -2.80. The molecule has 0 saturated carbocycles. The molecule has 0 spiro atoms. The highest BCUT2D eigenvalue weighted by Crippen LogP contribution is 2.33. The van der Waals surface area contributed by atoms with Crippen LogP contribution in [0, 0.1) is 17.8 Å². The fourth-order valence-corrected chi connectivity index (χ4v) is 3.59. The van der Waals surface area contributed by atoms with E-state index in [1.165, 1.54) is 0 Å². The van der Waals surface area contributed by atoms with Crippen LogP contribution in [0.2, 0.25) is 0 Å². The number of hydrogen-bond acceptors (Lipinski definition) is 2. The third kappa shape index (κ3) is 2.76.